The molecule has 0 amide bonds. The fourth-order valence-electron chi connectivity index (χ4n) is 2.41. The van der Waals surface area contributed by atoms with Crippen molar-refractivity contribution in [2.45, 2.75) is 32.7 Å². The molecule has 2 rings (SSSR count). The Kier molecular flexibility index (Phi) is 4.66. The average molecular weight is 255 g/mol. The Labute approximate surface area is 114 Å². The maximum absolute atomic E-state index is 5.70. The lowest BCUT2D eigenvalue weighted by Gasteiger charge is -2.18. The predicted octanol–water partition coefficient (Wildman–Crippen LogP) is 2.32. The van der Waals surface area contributed by atoms with Gasteiger partial charge in [-0.1, -0.05) is 24.3 Å². The van der Waals surface area contributed by atoms with Crippen LogP contribution in [0.5, 0.6) is 0 Å². The maximum Gasteiger partial charge on any atom is 0.0300 e. The molecule has 2 aromatic rings. The van der Waals surface area contributed by atoms with Gasteiger partial charge in [0.1, 0.15) is 0 Å². The zero-order valence-corrected chi connectivity index (χ0v) is 11.6. The number of benzene rings is 1. The molecule has 0 spiro atoms. The van der Waals surface area contributed by atoms with E-state index in [1.54, 1.807) is 6.20 Å². The van der Waals surface area contributed by atoms with Crippen molar-refractivity contribution in [2.24, 2.45) is 5.84 Å². The number of aryl methyl sites for hydroxylation is 2. The van der Waals surface area contributed by atoms with Crippen LogP contribution in [-0.4, -0.2) is 11.0 Å². The highest BCUT2D eigenvalue weighted by atomic mass is 15.2. The number of nitrogens with one attached hydrogen (secondary N) is 1. The molecule has 19 heavy (non-hydrogen) atoms. The quantitative estimate of drug-likeness (QED) is 0.637. The van der Waals surface area contributed by atoms with Crippen LogP contribution in [0.2, 0.25) is 0 Å². The fraction of sp³-hybridized carbons (Fsp3) is 0.312. The standard InChI is InChI=1S/C16H21N3/c1-12-5-3-6-13(2)16(12)10-15(19-17)9-14-7-4-8-18-11-14/h3-8,11,15,19H,9-10,17H2,1-2H3. The van der Waals surface area contributed by atoms with Crippen molar-refractivity contribution in [3.8, 4) is 0 Å². The number of pyridine rings is 1. The van der Waals surface area contributed by atoms with Crippen molar-refractivity contribution in [1.82, 2.24) is 10.4 Å². The summed E-state index contributed by atoms with van der Waals surface area (Å²) in [6.45, 7) is 4.31. The Morgan fingerprint density at radius 1 is 1.11 bits per heavy atom. The van der Waals surface area contributed by atoms with E-state index in [2.05, 4.69) is 48.5 Å². The molecule has 0 saturated carbocycles. The first-order valence-electron chi connectivity index (χ1n) is 6.61. The fourth-order valence-corrected chi connectivity index (χ4v) is 2.41. The van der Waals surface area contributed by atoms with E-state index in [9.17, 15) is 0 Å². The topological polar surface area (TPSA) is 50.9 Å². The van der Waals surface area contributed by atoms with Gasteiger partial charge in [0.25, 0.3) is 0 Å². The van der Waals surface area contributed by atoms with E-state index in [4.69, 9.17) is 5.84 Å². The van der Waals surface area contributed by atoms with Crippen molar-refractivity contribution >= 4 is 0 Å². The molecule has 0 aliphatic heterocycles. The number of hydrogen-bond acceptors (Lipinski definition) is 3. The monoisotopic (exact) mass is 255 g/mol. The molecular weight excluding hydrogens is 234 g/mol. The normalized spacial score (nSPS) is 12.4. The molecular formula is C16H21N3. The lowest BCUT2D eigenvalue weighted by atomic mass is 9.94. The van der Waals surface area contributed by atoms with Gasteiger partial charge < -0.3 is 0 Å². The molecule has 3 nitrogen and oxygen atoms in total. The highest BCUT2D eigenvalue weighted by Crippen LogP contribution is 2.16. The molecule has 1 aromatic carbocycles. The van der Waals surface area contributed by atoms with Crippen molar-refractivity contribution in [3.63, 3.8) is 0 Å². The molecule has 0 fully saturated rings. The van der Waals surface area contributed by atoms with E-state index >= 15 is 0 Å². The van der Waals surface area contributed by atoms with Gasteiger partial charge in [0.05, 0.1) is 0 Å². The van der Waals surface area contributed by atoms with Crippen LogP contribution in [0.4, 0.5) is 0 Å². The third-order valence-electron chi connectivity index (χ3n) is 3.54. The number of nitrogens with two attached hydrogens (primary N) is 1. The molecule has 100 valence electrons. The largest absolute Gasteiger partial charge is 0.271 e. The summed E-state index contributed by atoms with van der Waals surface area (Å²) in [6, 6.07) is 10.7. The van der Waals surface area contributed by atoms with Crippen LogP contribution in [0.3, 0.4) is 0 Å². The maximum atomic E-state index is 5.70. The summed E-state index contributed by atoms with van der Waals surface area (Å²) in [4.78, 5) is 4.15. The number of hydrogen-bond donors (Lipinski definition) is 2. The van der Waals surface area contributed by atoms with E-state index in [0.717, 1.165) is 12.8 Å². The molecule has 1 aromatic heterocycles. The van der Waals surface area contributed by atoms with Crippen molar-refractivity contribution < 1.29 is 0 Å². The van der Waals surface area contributed by atoms with Gasteiger partial charge in [0.2, 0.25) is 0 Å². The number of nitrogens with zero attached hydrogens (tertiary/aromatic N) is 1. The molecule has 1 atom stereocenters. The van der Waals surface area contributed by atoms with Gasteiger partial charge in [0, 0.05) is 18.4 Å². The molecule has 0 aliphatic carbocycles. The number of hydrazine groups is 1. The van der Waals surface area contributed by atoms with Crippen LogP contribution in [0.1, 0.15) is 22.3 Å². The smallest absolute Gasteiger partial charge is 0.0300 e. The summed E-state index contributed by atoms with van der Waals surface area (Å²) in [5.74, 6) is 5.70. The third kappa shape index (κ3) is 3.63. The van der Waals surface area contributed by atoms with Crippen LogP contribution in [-0.2, 0) is 12.8 Å². The summed E-state index contributed by atoms with van der Waals surface area (Å²) in [7, 11) is 0. The SMILES string of the molecule is Cc1cccc(C)c1CC(Cc1cccnc1)NN. The molecule has 3 N–H and O–H groups in total. The lowest BCUT2D eigenvalue weighted by Crippen LogP contribution is -2.38. The second-order valence-corrected chi connectivity index (χ2v) is 5.00. The van der Waals surface area contributed by atoms with Crippen molar-refractivity contribution in [3.05, 3.63) is 65.0 Å². The first kappa shape index (κ1) is 13.7. The van der Waals surface area contributed by atoms with Crippen LogP contribution < -0.4 is 11.3 Å². The lowest BCUT2D eigenvalue weighted by molar-refractivity contribution is 0.520. The third-order valence-corrected chi connectivity index (χ3v) is 3.54. The molecule has 0 bridgehead atoms. The van der Waals surface area contributed by atoms with Gasteiger partial charge in [-0.3, -0.25) is 16.3 Å². The highest BCUT2D eigenvalue weighted by Gasteiger charge is 2.12. The van der Waals surface area contributed by atoms with Gasteiger partial charge >= 0.3 is 0 Å². The minimum Gasteiger partial charge on any atom is -0.271 e. The molecule has 1 unspecified atom stereocenters. The molecule has 0 aliphatic rings. The second kappa shape index (κ2) is 6.45. The van der Waals surface area contributed by atoms with E-state index in [1.807, 2.05) is 12.3 Å². The van der Waals surface area contributed by atoms with Crippen LogP contribution >= 0.6 is 0 Å². The molecule has 1 heterocycles. The average Bonchev–Trinajstić information content (AvgIpc) is 2.43. The van der Waals surface area contributed by atoms with Crippen LogP contribution in [0.25, 0.3) is 0 Å². The second-order valence-electron chi connectivity index (χ2n) is 5.00. The van der Waals surface area contributed by atoms with Gasteiger partial charge in [-0.25, -0.2) is 0 Å². The van der Waals surface area contributed by atoms with Crippen molar-refractivity contribution in [1.29, 1.82) is 0 Å². The van der Waals surface area contributed by atoms with E-state index < -0.39 is 0 Å². The Balaban J connectivity index is 2.11. The zero-order valence-electron chi connectivity index (χ0n) is 11.6. The summed E-state index contributed by atoms with van der Waals surface area (Å²) >= 11 is 0. The number of rotatable bonds is 5. The van der Waals surface area contributed by atoms with Gasteiger partial charge in [-0.05, 0) is 55.0 Å². The Morgan fingerprint density at radius 3 is 2.42 bits per heavy atom. The van der Waals surface area contributed by atoms with E-state index in [-0.39, 0.29) is 6.04 Å². The summed E-state index contributed by atoms with van der Waals surface area (Å²) < 4.78 is 0. The molecule has 0 saturated heterocycles. The van der Waals surface area contributed by atoms with Gasteiger partial charge in [-0.15, -0.1) is 0 Å². The molecule has 0 radical (unpaired) electrons. The van der Waals surface area contributed by atoms with E-state index in [1.165, 1.54) is 22.3 Å². The summed E-state index contributed by atoms with van der Waals surface area (Å²) in [5.41, 5.74) is 8.17. The Morgan fingerprint density at radius 2 is 1.84 bits per heavy atom. The first-order valence-corrected chi connectivity index (χ1v) is 6.61. The minimum absolute atomic E-state index is 0.226. The summed E-state index contributed by atoms with van der Waals surface area (Å²) in [5, 5.41) is 0. The van der Waals surface area contributed by atoms with E-state index in [0.29, 0.717) is 0 Å². The van der Waals surface area contributed by atoms with Crippen molar-refractivity contribution in [2.75, 3.05) is 0 Å². The summed E-state index contributed by atoms with van der Waals surface area (Å²) in [6.07, 6.45) is 5.51. The highest BCUT2D eigenvalue weighted by molar-refractivity contribution is 5.34. The zero-order chi connectivity index (χ0) is 13.7. The molecule has 3 heteroatoms. The van der Waals surface area contributed by atoms with Crippen LogP contribution in [0, 0.1) is 13.8 Å². The van der Waals surface area contributed by atoms with Crippen LogP contribution in [0.15, 0.2) is 42.7 Å². The Hall–Kier alpha value is -1.71. The minimum atomic E-state index is 0.226. The first-order chi connectivity index (χ1) is 9.20. The predicted molar refractivity (Wildman–Crippen MR) is 78.7 cm³/mol. The Bertz CT molecular complexity index is 503. The van der Waals surface area contributed by atoms with Gasteiger partial charge in [-0.2, -0.15) is 0 Å². The number of aromatic nitrogens is 1. The van der Waals surface area contributed by atoms with Gasteiger partial charge in [0.15, 0.2) is 0 Å².